The van der Waals surface area contributed by atoms with Crippen LogP contribution < -0.4 is 5.73 Å². The summed E-state index contributed by atoms with van der Waals surface area (Å²) in [6.45, 7) is 3.06. The maximum atomic E-state index is 13.5. The van der Waals surface area contributed by atoms with E-state index in [1.807, 2.05) is 43.4 Å². The molecule has 5 atom stereocenters. The van der Waals surface area contributed by atoms with Gasteiger partial charge in [-0.25, -0.2) is 0 Å². The molecule has 36 heavy (non-hydrogen) atoms. The maximum Gasteiger partial charge on any atom is 0.253 e. The van der Waals surface area contributed by atoms with Gasteiger partial charge in [0.05, 0.1) is 0 Å². The standard InChI is InChI=1S/C31H41N3O2/c1-33(29(36)22-8-4-2-5-9-22)27-13-15-30-14-12-25(27)31(30)16-19-34(18-7-3-6-17-32)28(30)20-23-10-11-24(35)21-26(23)31/h2,4-5,8-11,21,25,27-28,35H,3,6-7,12-20,32H2,1H3. The van der Waals surface area contributed by atoms with Gasteiger partial charge < -0.3 is 15.7 Å². The number of carbonyl (C=O) groups excluding carboxylic acids is 1. The number of carbonyl (C=O) groups is 1. The van der Waals surface area contributed by atoms with Crippen molar-refractivity contribution < 1.29 is 9.90 Å². The van der Waals surface area contributed by atoms with Crippen molar-refractivity contribution in [3.05, 3.63) is 65.2 Å². The lowest BCUT2D eigenvalue weighted by Gasteiger charge is -2.67. The van der Waals surface area contributed by atoms with E-state index in [-0.39, 0.29) is 22.8 Å². The van der Waals surface area contributed by atoms with Crippen molar-refractivity contribution in [3.63, 3.8) is 0 Å². The average molecular weight is 488 g/mol. The van der Waals surface area contributed by atoms with E-state index in [1.165, 1.54) is 43.2 Å². The van der Waals surface area contributed by atoms with Crippen LogP contribution in [0, 0.1) is 11.3 Å². The zero-order chi connectivity index (χ0) is 24.9. The second-order valence-corrected chi connectivity index (χ2v) is 11.9. The van der Waals surface area contributed by atoms with Gasteiger partial charge in [-0.1, -0.05) is 30.7 Å². The first-order valence-electron chi connectivity index (χ1n) is 14.1. The Morgan fingerprint density at radius 2 is 1.89 bits per heavy atom. The van der Waals surface area contributed by atoms with Gasteiger partial charge in [0, 0.05) is 30.1 Å². The molecule has 3 N–H and O–H groups in total. The van der Waals surface area contributed by atoms with Crippen LogP contribution in [0.15, 0.2) is 48.5 Å². The molecule has 1 amide bonds. The third-order valence-electron chi connectivity index (χ3n) is 10.6. The normalized spacial score (nSPS) is 32.6. The number of nitrogens with zero attached hydrogens (tertiary/aromatic N) is 2. The fourth-order valence-electron chi connectivity index (χ4n) is 9.21. The van der Waals surface area contributed by atoms with Crippen molar-refractivity contribution >= 4 is 5.91 Å². The summed E-state index contributed by atoms with van der Waals surface area (Å²) in [7, 11) is 2.03. The summed E-state index contributed by atoms with van der Waals surface area (Å²) in [6, 6.07) is 16.7. The summed E-state index contributed by atoms with van der Waals surface area (Å²) in [4.78, 5) is 18.4. The number of piperidine rings is 1. The van der Waals surface area contributed by atoms with Crippen molar-refractivity contribution in [2.75, 3.05) is 26.7 Å². The fraction of sp³-hybridized carbons (Fsp3) is 0.581. The van der Waals surface area contributed by atoms with Crippen molar-refractivity contribution in [1.29, 1.82) is 0 Å². The van der Waals surface area contributed by atoms with E-state index in [2.05, 4.69) is 21.9 Å². The topological polar surface area (TPSA) is 69.8 Å². The molecule has 5 unspecified atom stereocenters. The van der Waals surface area contributed by atoms with E-state index in [0.717, 1.165) is 50.9 Å². The van der Waals surface area contributed by atoms with Crippen molar-refractivity contribution in [2.24, 2.45) is 17.1 Å². The summed E-state index contributed by atoms with van der Waals surface area (Å²) in [5.41, 5.74) is 9.65. The quantitative estimate of drug-likeness (QED) is 0.555. The van der Waals surface area contributed by atoms with E-state index in [0.29, 0.717) is 17.7 Å². The van der Waals surface area contributed by atoms with Gasteiger partial charge in [-0.2, -0.15) is 0 Å². The zero-order valence-corrected chi connectivity index (χ0v) is 21.7. The minimum Gasteiger partial charge on any atom is -0.508 e. The molecule has 3 aliphatic carbocycles. The Balaban J connectivity index is 1.37. The van der Waals surface area contributed by atoms with Crippen LogP contribution in [0.5, 0.6) is 5.75 Å². The Kier molecular flexibility index (Phi) is 6.12. The van der Waals surface area contributed by atoms with Crippen LogP contribution >= 0.6 is 0 Å². The van der Waals surface area contributed by atoms with Crippen LogP contribution in [0.25, 0.3) is 0 Å². The number of benzene rings is 2. The summed E-state index contributed by atoms with van der Waals surface area (Å²) >= 11 is 0. The van der Waals surface area contributed by atoms with Crippen LogP contribution in [0.4, 0.5) is 0 Å². The van der Waals surface area contributed by atoms with Gasteiger partial charge in [-0.3, -0.25) is 9.69 Å². The number of aromatic hydroxyl groups is 1. The summed E-state index contributed by atoms with van der Waals surface area (Å²) in [5.74, 6) is 0.958. The lowest BCUT2D eigenvalue weighted by atomic mass is 9.43. The Hall–Kier alpha value is -2.37. The lowest BCUT2D eigenvalue weighted by molar-refractivity contribution is -0.103. The molecule has 6 rings (SSSR count). The molecule has 2 aromatic carbocycles. The van der Waals surface area contributed by atoms with Crippen LogP contribution in [0.3, 0.4) is 0 Å². The molecule has 4 aliphatic rings. The summed E-state index contributed by atoms with van der Waals surface area (Å²) in [5, 5.41) is 10.6. The van der Waals surface area contributed by atoms with Crippen LogP contribution in [0.2, 0.25) is 0 Å². The van der Waals surface area contributed by atoms with Crippen LogP contribution in [0.1, 0.15) is 72.9 Å². The third kappa shape index (κ3) is 3.39. The first-order chi connectivity index (χ1) is 17.5. The van der Waals surface area contributed by atoms with E-state index in [1.54, 1.807) is 0 Å². The highest BCUT2D eigenvalue weighted by Gasteiger charge is 2.71. The molecular formula is C31H41N3O2. The SMILES string of the molecule is CN(C(=O)c1ccccc1)C1CCC23CCC1C21CCN(CCCCCN)C3Cc2ccc(O)cc21. The molecule has 5 heteroatoms. The largest absolute Gasteiger partial charge is 0.508 e. The van der Waals surface area contributed by atoms with Crippen LogP contribution in [-0.2, 0) is 11.8 Å². The van der Waals surface area contributed by atoms with Gasteiger partial charge in [0.2, 0.25) is 0 Å². The van der Waals surface area contributed by atoms with E-state index < -0.39 is 0 Å². The second-order valence-electron chi connectivity index (χ2n) is 11.9. The molecule has 2 aromatic rings. The first kappa shape index (κ1) is 24.0. The number of fused-ring (bicyclic) bond motifs is 1. The number of phenolic OH excluding ortho intramolecular Hbond substituents is 1. The minimum absolute atomic E-state index is 0.0475. The predicted octanol–water partition coefficient (Wildman–Crippen LogP) is 4.72. The van der Waals surface area contributed by atoms with Gasteiger partial charge in [0.25, 0.3) is 5.91 Å². The molecule has 0 aromatic heterocycles. The van der Waals surface area contributed by atoms with E-state index in [9.17, 15) is 9.90 Å². The fourth-order valence-corrected chi connectivity index (χ4v) is 9.21. The second kappa shape index (κ2) is 9.18. The molecule has 0 radical (unpaired) electrons. The summed E-state index contributed by atoms with van der Waals surface area (Å²) < 4.78 is 0. The van der Waals surface area contributed by atoms with E-state index >= 15 is 0 Å². The smallest absolute Gasteiger partial charge is 0.253 e. The molecule has 2 saturated carbocycles. The molecular weight excluding hydrogens is 446 g/mol. The van der Waals surface area contributed by atoms with Gasteiger partial charge in [-0.05, 0) is 118 Å². The first-order valence-corrected chi connectivity index (χ1v) is 14.1. The van der Waals surface area contributed by atoms with Gasteiger partial charge in [0.1, 0.15) is 5.75 Å². The Bertz CT molecular complexity index is 1120. The Morgan fingerprint density at radius 3 is 2.69 bits per heavy atom. The van der Waals surface area contributed by atoms with Crippen molar-refractivity contribution in [2.45, 2.75) is 75.3 Å². The number of phenols is 1. The van der Waals surface area contributed by atoms with Crippen LogP contribution in [-0.4, -0.2) is 59.6 Å². The molecule has 192 valence electrons. The van der Waals surface area contributed by atoms with Crippen molar-refractivity contribution in [3.8, 4) is 5.75 Å². The monoisotopic (exact) mass is 487 g/mol. The van der Waals surface area contributed by atoms with E-state index in [4.69, 9.17) is 5.73 Å². The highest BCUT2D eigenvalue weighted by Crippen LogP contribution is 2.72. The molecule has 0 spiro atoms. The zero-order valence-electron chi connectivity index (χ0n) is 21.7. The van der Waals surface area contributed by atoms with Gasteiger partial charge in [0.15, 0.2) is 0 Å². The molecule has 3 fully saturated rings. The number of hydrogen-bond donors (Lipinski definition) is 2. The number of nitrogens with two attached hydrogens (primary N) is 1. The minimum atomic E-state index is 0.0475. The lowest BCUT2D eigenvalue weighted by Crippen LogP contribution is -2.70. The number of rotatable bonds is 7. The molecule has 1 aliphatic heterocycles. The molecule has 4 bridgehead atoms. The maximum absolute atomic E-state index is 13.5. The Morgan fingerprint density at radius 1 is 1.08 bits per heavy atom. The highest BCUT2D eigenvalue weighted by molar-refractivity contribution is 5.94. The molecule has 5 nitrogen and oxygen atoms in total. The average Bonchev–Trinajstić information content (AvgIpc) is 3.13. The molecule has 1 heterocycles. The third-order valence-corrected chi connectivity index (χ3v) is 10.6. The summed E-state index contributed by atoms with van der Waals surface area (Å²) in [6.07, 6.45) is 10.4. The predicted molar refractivity (Wildman–Crippen MR) is 143 cm³/mol. The number of likely N-dealkylation sites (tertiary alicyclic amines) is 1. The number of unbranched alkanes of at least 4 members (excludes halogenated alkanes) is 2. The molecule has 1 saturated heterocycles. The van der Waals surface area contributed by atoms with Crippen molar-refractivity contribution in [1.82, 2.24) is 9.80 Å². The van der Waals surface area contributed by atoms with Gasteiger partial charge >= 0.3 is 0 Å². The number of hydrogen-bond acceptors (Lipinski definition) is 4. The van der Waals surface area contributed by atoms with Gasteiger partial charge in [-0.15, -0.1) is 0 Å². The highest BCUT2D eigenvalue weighted by atomic mass is 16.3. The Labute approximate surface area is 215 Å². The number of amides is 1.